The Hall–Kier alpha value is -1.39. The Morgan fingerprint density at radius 1 is 1.18 bits per heavy atom. The van der Waals surface area contributed by atoms with Crippen molar-refractivity contribution in [2.75, 3.05) is 45.9 Å². The minimum atomic E-state index is 0.0835. The molecule has 0 bridgehead atoms. The molecule has 2 saturated heterocycles. The van der Waals surface area contributed by atoms with E-state index in [1.807, 2.05) is 0 Å². The van der Waals surface area contributed by atoms with Crippen LogP contribution >= 0.6 is 0 Å². The summed E-state index contributed by atoms with van der Waals surface area (Å²) in [6.07, 6.45) is 2.23. The second-order valence-electron chi connectivity index (χ2n) is 6.73. The number of nitrogens with zero attached hydrogens (tertiary/aromatic N) is 2. The van der Waals surface area contributed by atoms with Crippen LogP contribution < -0.4 is 0 Å². The highest BCUT2D eigenvalue weighted by molar-refractivity contribution is 5.78. The van der Waals surface area contributed by atoms with Crippen molar-refractivity contribution in [3.63, 3.8) is 0 Å². The maximum Gasteiger partial charge on any atom is 0.236 e. The van der Waals surface area contributed by atoms with Crippen LogP contribution in [0.25, 0.3) is 0 Å². The molecule has 0 spiro atoms. The molecule has 2 fully saturated rings. The molecule has 120 valence electrons. The molecular weight excluding hydrogens is 276 g/mol. The lowest BCUT2D eigenvalue weighted by atomic mass is 9.76. The van der Waals surface area contributed by atoms with Crippen molar-refractivity contribution in [2.45, 2.75) is 25.2 Å². The first kappa shape index (κ1) is 15.5. The molecule has 3 rings (SSSR count). The first-order valence-electron chi connectivity index (χ1n) is 8.31. The lowest BCUT2D eigenvalue weighted by Gasteiger charge is -2.41. The number of morpholine rings is 1. The topological polar surface area (TPSA) is 32.8 Å². The fraction of sp³-hybridized carbons (Fsp3) is 0.611. The summed E-state index contributed by atoms with van der Waals surface area (Å²) in [4.78, 5) is 16.9. The van der Waals surface area contributed by atoms with E-state index in [1.54, 1.807) is 0 Å². The first-order valence-corrected chi connectivity index (χ1v) is 8.31. The standard InChI is InChI=1S/C18H26N2O2/c1-18(16-6-3-2-4-7-16)8-5-9-20(15-18)17(21)14-19-10-12-22-13-11-19/h2-4,6-7H,5,8-15H2,1H3/t18-/m1/s1. The molecule has 2 heterocycles. The molecule has 0 saturated carbocycles. The molecule has 22 heavy (non-hydrogen) atoms. The predicted molar refractivity (Wildman–Crippen MR) is 86.9 cm³/mol. The van der Waals surface area contributed by atoms with Crippen molar-refractivity contribution >= 4 is 5.91 Å². The van der Waals surface area contributed by atoms with E-state index in [0.29, 0.717) is 6.54 Å². The summed E-state index contributed by atoms with van der Waals surface area (Å²) in [7, 11) is 0. The van der Waals surface area contributed by atoms with Crippen LogP contribution in [-0.4, -0.2) is 61.6 Å². The normalized spacial score (nSPS) is 26.9. The Morgan fingerprint density at radius 2 is 1.91 bits per heavy atom. The van der Waals surface area contributed by atoms with Gasteiger partial charge in [0, 0.05) is 31.6 Å². The van der Waals surface area contributed by atoms with Gasteiger partial charge in [-0.2, -0.15) is 0 Å². The average molecular weight is 302 g/mol. The highest BCUT2D eigenvalue weighted by Crippen LogP contribution is 2.33. The lowest BCUT2D eigenvalue weighted by molar-refractivity contribution is -0.135. The van der Waals surface area contributed by atoms with E-state index in [9.17, 15) is 4.79 Å². The van der Waals surface area contributed by atoms with Crippen molar-refractivity contribution in [3.8, 4) is 0 Å². The van der Waals surface area contributed by atoms with Crippen LogP contribution in [0.3, 0.4) is 0 Å². The number of hydrogen-bond donors (Lipinski definition) is 0. The zero-order valence-corrected chi connectivity index (χ0v) is 13.5. The van der Waals surface area contributed by atoms with Crippen molar-refractivity contribution in [2.24, 2.45) is 0 Å². The van der Waals surface area contributed by atoms with Gasteiger partial charge in [-0.25, -0.2) is 0 Å². The van der Waals surface area contributed by atoms with E-state index >= 15 is 0 Å². The summed E-state index contributed by atoms with van der Waals surface area (Å²) >= 11 is 0. The molecule has 1 amide bonds. The smallest absolute Gasteiger partial charge is 0.236 e. The number of piperidine rings is 1. The predicted octanol–water partition coefficient (Wildman–Crippen LogP) is 1.90. The van der Waals surface area contributed by atoms with Crippen LogP contribution in [0.1, 0.15) is 25.3 Å². The van der Waals surface area contributed by atoms with E-state index in [0.717, 1.165) is 52.2 Å². The fourth-order valence-electron chi connectivity index (χ4n) is 3.58. The van der Waals surface area contributed by atoms with Crippen LogP contribution in [0.2, 0.25) is 0 Å². The third kappa shape index (κ3) is 3.50. The average Bonchev–Trinajstić information content (AvgIpc) is 2.57. The Bertz CT molecular complexity index is 499. The van der Waals surface area contributed by atoms with Gasteiger partial charge in [-0.1, -0.05) is 37.3 Å². The number of carbonyl (C=O) groups is 1. The van der Waals surface area contributed by atoms with Gasteiger partial charge in [0.25, 0.3) is 0 Å². The number of hydrogen-bond acceptors (Lipinski definition) is 3. The Kier molecular flexibility index (Phi) is 4.79. The van der Waals surface area contributed by atoms with Gasteiger partial charge in [-0.3, -0.25) is 9.69 Å². The molecule has 2 aliphatic rings. The molecule has 0 aliphatic carbocycles. The SMILES string of the molecule is C[C@@]1(c2ccccc2)CCCN(C(=O)CN2CCOCC2)C1. The van der Waals surface area contributed by atoms with Gasteiger partial charge >= 0.3 is 0 Å². The summed E-state index contributed by atoms with van der Waals surface area (Å²) < 4.78 is 5.35. The number of rotatable bonds is 3. The number of likely N-dealkylation sites (tertiary alicyclic amines) is 1. The zero-order valence-electron chi connectivity index (χ0n) is 13.5. The number of benzene rings is 1. The Morgan fingerprint density at radius 3 is 2.64 bits per heavy atom. The summed E-state index contributed by atoms with van der Waals surface area (Å²) in [6.45, 7) is 7.78. The molecule has 4 nitrogen and oxygen atoms in total. The molecule has 4 heteroatoms. The highest BCUT2D eigenvalue weighted by atomic mass is 16.5. The van der Waals surface area contributed by atoms with Gasteiger partial charge in [0.1, 0.15) is 0 Å². The van der Waals surface area contributed by atoms with Crippen LogP contribution in [0.5, 0.6) is 0 Å². The molecule has 0 radical (unpaired) electrons. The lowest BCUT2D eigenvalue weighted by Crippen LogP contribution is -2.51. The zero-order chi connectivity index (χ0) is 15.4. The highest BCUT2D eigenvalue weighted by Gasteiger charge is 2.34. The maximum absolute atomic E-state index is 12.6. The van der Waals surface area contributed by atoms with E-state index in [-0.39, 0.29) is 11.3 Å². The van der Waals surface area contributed by atoms with Gasteiger partial charge < -0.3 is 9.64 Å². The van der Waals surface area contributed by atoms with E-state index in [4.69, 9.17) is 4.74 Å². The number of amides is 1. The van der Waals surface area contributed by atoms with Crippen LogP contribution in [0.4, 0.5) is 0 Å². The molecule has 1 atom stereocenters. The summed E-state index contributed by atoms with van der Waals surface area (Å²) in [6, 6.07) is 10.6. The quantitative estimate of drug-likeness (QED) is 0.855. The second-order valence-corrected chi connectivity index (χ2v) is 6.73. The van der Waals surface area contributed by atoms with Gasteiger partial charge in [-0.15, -0.1) is 0 Å². The van der Waals surface area contributed by atoms with Gasteiger partial charge in [0.15, 0.2) is 0 Å². The molecular formula is C18H26N2O2. The molecule has 1 aromatic rings. The van der Waals surface area contributed by atoms with Gasteiger partial charge in [0.05, 0.1) is 19.8 Å². The molecule has 0 aromatic heterocycles. The Labute approximate surface area is 133 Å². The second kappa shape index (κ2) is 6.80. The third-order valence-corrected chi connectivity index (χ3v) is 4.98. The number of ether oxygens (including phenoxy) is 1. The van der Waals surface area contributed by atoms with Crippen LogP contribution in [-0.2, 0) is 14.9 Å². The summed E-state index contributed by atoms with van der Waals surface area (Å²) in [5.74, 6) is 0.267. The molecule has 0 unspecified atom stereocenters. The summed E-state index contributed by atoms with van der Waals surface area (Å²) in [5, 5.41) is 0. The van der Waals surface area contributed by atoms with E-state index in [1.165, 1.54) is 5.56 Å². The minimum absolute atomic E-state index is 0.0835. The minimum Gasteiger partial charge on any atom is -0.379 e. The molecule has 1 aromatic carbocycles. The van der Waals surface area contributed by atoms with E-state index in [2.05, 4.69) is 47.1 Å². The third-order valence-electron chi connectivity index (χ3n) is 4.98. The largest absolute Gasteiger partial charge is 0.379 e. The van der Waals surface area contributed by atoms with Crippen molar-refractivity contribution < 1.29 is 9.53 Å². The molecule has 0 N–H and O–H groups in total. The van der Waals surface area contributed by atoms with Gasteiger partial charge in [-0.05, 0) is 18.4 Å². The molecule has 2 aliphatic heterocycles. The monoisotopic (exact) mass is 302 g/mol. The van der Waals surface area contributed by atoms with Crippen LogP contribution in [0.15, 0.2) is 30.3 Å². The first-order chi connectivity index (χ1) is 10.7. The van der Waals surface area contributed by atoms with Crippen molar-refractivity contribution in [1.82, 2.24) is 9.80 Å². The fourth-order valence-corrected chi connectivity index (χ4v) is 3.58. The Balaban J connectivity index is 1.63. The van der Waals surface area contributed by atoms with E-state index < -0.39 is 0 Å². The maximum atomic E-state index is 12.6. The van der Waals surface area contributed by atoms with Crippen LogP contribution in [0, 0.1) is 0 Å². The summed E-state index contributed by atoms with van der Waals surface area (Å²) in [5.41, 5.74) is 1.43. The van der Waals surface area contributed by atoms with Gasteiger partial charge in [0.2, 0.25) is 5.91 Å². The number of carbonyl (C=O) groups excluding carboxylic acids is 1. The van der Waals surface area contributed by atoms with Crippen molar-refractivity contribution in [1.29, 1.82) is 0 Å². The van der Waals surface area contributed by atoms with Crippen molar-refractivity contribution in [3.05, 3.63) is 35.9 Å².